The van der Waals surface area contributed by atoms with E-state index in [1.807, 2.05) is 4.90 Å². The van der Waals surface area contributed by atoms with E-state index in [9.17, 15) is 8.78 Å². The number of piperazine rings is 1. The number of methoxy groups -OCH3 is 1. The zero-order chi connectivity index (χ0) is 22.2. The van der Waals surface area contributed by atoms with Gasteiger partial charge in [0, 0.05) is 54.8 Å². The number of aromatic nitrogens is 1. The Labute approximate surface area is 186 Å². The first-order valence-corrected chi connectivity index (χ1v) is 11.1. The molecule has 0 N–H and O–H groups in total. The quantitative estimate of drug-likeness (QED) is 0.598. The molecule has 5 rings (SSSR count). The Hall–Kier alpha value is -2.93. The Bertz CT molecular complexity index is 1150. The van der Waals surface area contributed by atoms with Crippen LogP contribution in [0.2, 0.25) is 0 Å². The molecule has 1 aromatic heterocycles. The Kier molecular flexibility index (Phi) is 5.59. The average molecular weight is 440 g/mol. The van der Waals surface area contributed by atoms with Gasteiger partial charge >= 0.3 is 0 Å². The molecule has 2 aliphatic rings. The van der Waals surface area contributed by atoms with Gasteiger partial charge in [0.2, 0.25) is 5.88 Å². The van der Waals surface area contributed by atoms with Gasteiger partial charge in [0.25, 0.3) is 0 Å². The third-order valence-corrected chi connectivity index (χ3v) is 6.55. The van der Waals surface area contributed by atoms with E-state index in [2.05, 4.69) is 30.0 Å². The molecule has 2 aromatic carbocycles. The summed E-state index contributed by atoms with van der Waals surface area (Å²) in [5.74, 6) is 0.504. The second kappa shape index (κ2) is 8.54. The summed E-state index contributed by atoms with van der Waals surface area (Å²) < 4.78 is 39.3. The normalized spacial score (nSPS) is 19.0. The van der Waals surface area contributed by atoms with Crippen molar-refractivity contribution in [2.24, 2.45) is 0 Å². The van der Waals surface area contributed by atoms with Crippen LogP contribution in [0, 0.1) is 11.6 Å². The molecule has 0 unspecified atom stereocenters. The first-order valence-electron chi connectivity index (χ1n) is 11.1. The molecule has 32 heavy (non-hydrogen) atoms. The fourth-order valence-electron chi connectivity index (χ4n) is 4.81. The average Bonchev–Trinajstić information content (AvgIpc) is 2.78. The van der Waals surface area contributed by atoms with Crippen molar-refractivity contribution in [1.82, 2.24) is 9.88 Å². The molecular formula is C25H27F2N3O2. The van der Waals surface area contributed by atoms with Gasteiger partial charge in [0.05, 0.1) is 24.9 Å². The lowest BCUT2D eigenvalue weighted by molar-refractivity contribution is 0.126. The molecule has 168 valence electrons. The Morgan fingerprint density at radius 2 is 2.03 bits per heavy atom. The van der Waals surface area contributed by atoms with Gasteiger partial charge in [-0.3, -0.25) is 4.90 Å². The number of ether oxygens (including phenoxy) is 2. The number of nitrogens with zero attached hydrogens (tertiary/aromatic N) is 3. The number of halogens is 2. The standard InChI is InChI=1S/C25H27F2N3O2/c1-3-16-10-17-12-24-18(11-22(17)28-25(16)31-2)14-29-7-8-30(15-20(29)6-9-32-24)23-5-4-19(26)13-21(23)27/h4-5,10-13,20H,3,6-9,14-15H2,1-2H3/t20-/m1/s1. The molecule has 1 fully saturated rings. The smallest absolute Gasteiger partial charge is 0.216 e. The molecule has 2 aliphatic heterocycles. The van der Waals surface area contributed by atoms with Crippen LogP contribution in [0.1, 0.15) is 24.5 Å². The number of hydrogen-bond acceptors (Lipinski definition) is 5. The summed E-state index contributed by atoms with van der Waals surface area (Å²) in [6, 6.07) is 10.3. The lowest BCUT2D eigenvalue weighted by atomic mass is 10.0. The summed E-state index contributed by atoms with van der Waals surface area (Å²) in [7, 11) is 1.65. The van der Waals surface area contributed by atoms with Crippen LogP contribution in [0.4, 0.5) is 14.5 Å². The molecule has 0 spiro atoms. The van der Waals surface area contributed by atoms with Crippen LogP contribution < -0.4 is 14.4 Å². The van der Waals surface area contributed by atoms with Crippen molar-refractivity contribution in [3.05, 3.63) is 59.2 Å². The summed E-state index contributed by atoms with van der Waals surface area (Å²) in [5.41, 5.74) is 3.53. The van der Waals surface area contributed by atoms with Gasteiger partial charge in [-0.2, -0.15) is 0 Å². The number of rotatable bonds is 3. The monoisotopic (exact) mass is 439 g/mol. The van der Waals surface area contributed by atoms with Crippen LogP contribution in [0.3, 0.4) is 0 Å². The van der Waals surface area contributed by atoms with E-state index in [-0.39, 0.29) is 6.04 Å². The van der Waals surface area contributed by atoms with E-state index in [4.69, 9.17) is 14.5 Å². The highest BCUT2D eigenvalue weighted by atomic mass is 19.1. The molecule has 7 heteroatoms. The Morgan fingerprint density at radius 3 is 2.81 bits per heavy atom. The Morgan fingerprint density at radius 1 is 1.16 bits per heavy atom. The van der Waals surface area contributed by atoms with Gasteiger partial charge in [0.1, 0.15) is 17.4 Å². The fraction of sp³-hybridized carbons (Fsp3) is 0.400. The van der Waals surface area contributed by atoms with Crippen LogP contribution >= 0.6 is 0 Å². The van der Waals surface area contributed by atoms with Gasteiger partial charge in [-0.25, -0.2) is 13.8 Å². The van der Waals surface area contributed by atoms with E-state index < -0.39 is 11.6 Å². The van der Waals surface area contributed by atoms with E-state index in [1.165, 1.54) is 12.1 Å². The number of hydrogen-bond donors (Lipinski definition) is 0. The molecule has 0 aliphatic carbocycles. The fourth-order valence-corrected chi connectivity index (χ4v) is 4.81. The Balaban J connectivity index is 1.41. The minimum Gasteiger partial charge on any atom is -0.493 e. The van der Waals surface area contributed by atoms with E-state index in [1.54, 1.807) is 7.11 Å². The summed E-state index contributed by atoms with van der Waals surface area (Å²) in [6.07, 6.45) is 1.70. The highest BCUT2D eigenvalue weighted by Gasteiger charge is 2.30. The van der Waals surface area contributed by atoms with Gasteiger partial charge in [0.15, 0.2) is 0 Å². The van der Waals surface area contributed by atoms with Gasteiger partial charge in [-0.1, -0.05) is 6.92 Å². The maximum absolute atomic E-state index is 14.3. The second-order valence-corrected chi connectivity index (χ2v) is 8.47. The first kappa shape index (κ1) is 20.9. The van der Waals surface area contributed by atoms with Crippen molar-refractivity contribution >= 4 is 16.6 Å². The van der Waals surface area contributed by atoms with Crippen molar-refractivity contribution in [3.63, 3.8) is 0 Å². The number of anilines is 1. The number of pyridine rings is 1. The third kappa shape index (κ3) is 3.86. The SMILES string of the molecule is CCc1cc2cc3c(cc2nc1OC)CN1CCN(c2ccc(F)cc2F)C[C@H]1CCO3. The molecule has 3 heterocycles. The van der Waals surface area contributed by atoms with Gasteiger partial charge in [-0.15, -0.1) is 0 Å². The van der Waals surface area contributed by atoms with E-state index in [0.717, 1.165) is 59.8 Å². The molecule has 0 bridgehead atoms. The summed E-state index contributed by atoms with van der Waals surface area (Å²) in [5, 5.41) is 1.05. The summed E-state index contributed by atoms with van der Waals surface area (Å²) >= 11 is 0. The summed E-state index contributed by atoms with van der Waals surface area (Å²) in [6.45, 7) is 5.59. The van der Waals surface area contributed by atoms with Crippen LogP contribution in [0.25, 0.3) is 10.9 Å². The molecule has 0 saturated carbocycles. The van der Waals surface area contributed by atoms with Gasteiger partial charge in [-0.05, 0) is 43.2 Å². The van der Waals surface area contributed by atoms with E-state index in [0.29, 0.717) is 31.3 Å². The minimum absolute atomic E-state index is 0.224. The van der Waals surface area contributed by atoms with Crippen molar-refractivity contribution in [1.29, 1.82) is 0 Å². The van der Waals surface area contributed by atoms with Crippen molar-refractivity contribution in [2.75, 3.05) is 38.3 Å². The largest absolute Gasteiger partial charge is 0.493 e. The lowest BCUT2D eigenvalue weighted by Crippen LogP contribution is -2.53. The maximum Gasteiger partial charge on any atom is 0.216 e. The second-order valence-electron chi connectivity index (χ2n) is 8.47. The maximum atomic E-state index is 14.3. The van der Waals surface area contributed by atoms with Crippen molar-refractivity contribution in [2.45, 2.75) is 32.4 Å². The highest BCUT2D eigenvalue weighted by molar-refractivity contribution is 5.83. The lowest BCUT2D eigenvalue weighted by Gasteiger charge is -2.43. The van der Waals surface area contributed by atoms with E-state index >= 15 is 0 Å². The molecule has 0 amide bonds. The highest BCUT2D eigenvalue weighted by Crippen LogP contribution is 2.33. The van der Waals surface area contributed by atoms with Crippen LogP contribution in [-0.2, 0) is 13.0 Å². The van der Waals surface area contributed by atoms with Crippen LogP contribution in [0.5, 0.6) is 11.6 Å². The van der Waals surface area contributed by atoms with Crippen LogP contribution in [-0.4, -0.2) is 49.3 Å². The first-order chi connectivity index (χ1) is 15.6. The zero-order valence-electron chi connectivity index (χ0n) is 18.4. The molecule has 0 radical (unpaired) electrons. The predicted octanol–water partition coefficient (Wildman–Crippen LogP) is 4.56. The molecular weight excluding hydrogens is 412 g/mol. The molecule has 1 saturated heterocycles. The molecule has 3 aromatic rings. The zero-order valence-corrected chi connectivity index (χ0v) is 18.4. The molecule has 5 nitrogen and oxygen atoms in total. The number of benzene rings is 2. The van der Waals surface area contributed by atoms with Crippen LogP contribution in [0.15, 0.2) is 36.4 Å². The summed E-state index contributed by atoms with van der Waals surface area (Å²) in [4.78, 5) is 9.17. The minimum atomic E-state index is -0.552. The third-order valence-electron chi connectivity index (χ3n) is 6.55. The van der Waals surface area contributed by atoms with Crippen molar-refractivity contribution < 1.29 is 18.3 Å². The molecule has 1 atom stereocenters. The topological polar surface area (TPSA) is 37.8 Å². The number of fused-ring (bicyclic) bond motifs is 3. The van der Waals surface area contributed by atoms with Gasteiger partial charge < -0.3 is 14.4 Å². The number of aryl methyl sites for hydroxylation is 1. The predicted molar refractivity (Wildman–Crippen MR) is 121 cm³/mol. The van der Waals surface area contributed by atoms with Crippen molar-refractivity contribution in [3.8, 4) is 11.6 Å².